The maximum absolute atomic E-state index is 5.87. The first kappa shape index (κ1) is 11.8. The minimum absolute atomic E-state index is 0.213. The van der Waals surface area contributed by atoms with E-state index in [4.69, 9.17) is 17.0 Å². The van der Waals surface area contributed by atoms with Gasteiger partial charge in [-0.3, -0.25) is 0 Å². The summed E-state index contributed by atoms with van der Waals surface area (Å²) in [7, 11) is 0. The van der Waals surface area contributed by atoms with Crippen LogP contribution in [0.1, 0.15) is 18.4 Å². The Labute approximate surface area is 107 Å². The van der Waals surface area contributed by atoms with Crippen molar-refractivity contribution in [2.24, 2.45) is 0 Å². The van der Waals surface area contributed by atoms with E-state index < -0.39 is 0 Å². The molecule has 1 nitrogen and oxygen atoms in total. The molecule has 86 valence electrons. The maximum atomic E-state index is 5.87. The van der Waals surface area contributed by atoms with Crippen LogP contribution in [-0.4, -0.2) is 5.37 Å². The van der Waals surface area contributed by atoms with Crippen molar-refractivity contribution < 1.29 is 4.74 Å². The van der Waals surface area contributed by atoms with Crippen LogP contribution in [0.3, 0.4) is 0 Å². The second kappa shape index (κ2) is 5.60. The number of rotatable bonds is 4. The summed E-state index contributed by atoms with van der Waals surface area (Å²) < 4.78 is 5.87. The minimum atomic E-state index is 0.213. The van der Waals surface area contributed by atoms with Gasteiger partial charge in [-0.25, -0.2) is 0 Å². The molecule has 0 N–H and O–H groups in total. The number of thiocarbonyl (C=S) groups is 1. The molecule has 0 aliphatic carbocycles. The molecule has 0 aromatic heterocycles. The monoisotopic (exact) mass is 242 g/mol. The molecule has 2 aromatic rings. The molecule has 2 rings (SSSR count). The average Bonchev–Trinajstić information content (AvgIpc) is 2.40. The first-order chi connectivity index (χ1) is 8.31. The summed E-state index contributed by atoms with van der Waals surface area (Å²) in [4.78, 5) is 0. The van der Waals surface area contributed by atoms with E-state index in [0.717, 1.165) is 17.1 Å². The molecule has 2 heteroatoms. The summed E-state index contributed by atoms with van der Waals surface area (Å²) in [5.41, 5.74) is 1.12. The molecule has 0 saturated carbocycles. The number of ether oxygens (including phenoxy) is 1. The molecule has 0 aliphatic heterocycles. The highest BCUT2D eigenvalue weighted by Crippen LogP contribution is 2.29. The Bertz CT molecular complexity index is 493. The first-order valence-corrected chi connectivity index (χ1v) is 6.05. The van der Waals surface area contributed by atoms with Gasteiger partial charge in [0.2, 0.25) is 0 Å². The Morgan fingerprint density at radius 1 is 1.00 bits per heavy atom. The number of para-hydroxylation sites is 2. The third kappa shape index (κ3) is 2.92. The molecule has 0 spiro atoms. The van der Waals surface area contributed by atoms with Gasteiger partial charge in [0.25, 0.3) is 0 Å². The molecule has 0 radical (unpaired) electrons. The van der Waals surface area contributed by atoms with Crippen molar-refractivity contribution >= 4 is 17.6 Å². The number of hydrogen-bond acceptors (Lipinski definition) is 2. The lowest BCUT2D eigenvalue weighted by atomic mass is 10.0. The van der Waals surface area contributed by atoms with Crippen LogP contribution in [0.25, 0.3) is 0 Å². The van der Waals surface area contributed by atoms with Crippen LogP contribution in [0, 0.1) is 0 Å². The predicted molar refractivity (Wildman–Crippen MR) is 75.0 cm³/mol. The summed E-state index contributed by atoms with van der Waals surface area (Å²) in [5.74, 6) is 1.92. The fourth-order valence-corrected chi connectivity index (χ4v) is 1.79. The third-order valence-corrected chi connectivity index (χ3v) is 2.99. The molecule has 0 fully saturated rings. The van der Waals surface area contributed by atoms with Gasteiger partial charge in [0, 0.05) is 11.5 Å². The van der Waals surface area contributed by atoms with E-state index in [2.05, 4.69) is 6.92 Å². The normalized spacial score (nSPS) is 11.8. The van der Waals surface area contributed by atoms with Gasteiger partial charge in [-0.05, 0) is 23.6 Å². The van der Waals surface area contributed by atoms with Crippen LogP contribution in [-0.2, 0) is 0 Å². The van der Waals surface area contributed by atoms with Crippen molar-refractivity contribution in [1.82, 2.24) is 0 Å². The summed E-state index contributed by atoms with van der Waals surface area (Å²) in [6.07, 6.45) is 0. The van der Waals surface area contributed by atoms with Crippen LogP contribution in [0.4, 0.5) is 0 Å². The third-order valence-electron chi connectivity index (χ3n) is 2.58. The lowest BCUT2D eigenvalue weighted by Crippen LogP contribution is -1.96. The van der Waals surface area contributed by atoms with Gasteiger partial charge < -0.3 is 4.74 Å². The van der Waals surface area contributed by atoms with E-state index in [1.165, 1.54) is 0 Å². The Morgan fingerprint density at radius 2 is 1.65 bits per heavy atom. The molecule has 0 saturated heterocycles. The topological polar surface area (TPSA) is 9.23 Å². The standard InChI is InChI=1S/C15H14OS/c1-12(11-17)14-9-5-6-10-15(14)16-13-7-3-2-4-8-13/h2-12H,1H3. The first-order valence-electron chi connectivity index (χ1n) is 5.58. The van der Waals surface area contributed by atoms with E-state index >= 15 is 0 Å². The molecule has 0 bridgehead atoms. The summed E-state index contributed by atoms with van der Waals surface area (Å²) >= 11 is 5.00. The van der Waals surface area contributed by atoms with Crippen LogP contribution < -0.4 is 4.74 Å². The van der Waals surface area contributed by atoms with Gasteiger partial charge in [-0.2, -0.15) is 0 Å². The molecular formula is C15H14OS. The fourth-order valence-electron chi connectivity index (χ4n) is 1.64. The van der Waals surface area contributed by atoms with E-state index in [-0.39, 0.29) is 5.92 Å². The van der Waals surface area contributed by atoms with E-state index in [9.17, 15) is 0 Å². The molecule has 0 amide bonds. The Balaban J connectivity index is 2.30. The van der Waals surface area contributed by atoms with Crippen molar-refractivity contribution in [3.63, 3.8) is 0 Å². The van der Waals surface area contributed by atoms with Gasteiger partial charge in [-0.15, -0.1) is 0 Å². The highest BCUT2D eigenvalue weighted by atomic mass is 32.1. The van der Waals surface area contributed by atoms with Crippen LogP contribution >= 0.6 is 12.2 Å². The minimum Gasteiger partial charge on any atom is -0.457 e. The van der Waals surface area contributed by atoms with Crippen molar-refractivity contribution in [3.8, 4) is 11.5 Å². The van der Waals surface area contributed by atoms with Gasteiger partial charge in [0.15, 0.2) is 0 Å². The number of benzene rings is 2. The largest absolute Gasteiger partial charge is 0.457 e. The molecule has 17 heavy (non-hydrogen) atoms. The van der Waals surface area contributed by atoms with E-state index in [0.29, 0.717) is 0 Å². The smallest absolute Gasteiger partial charge is 0.131 e. The maximum Gasteiger partial charge on any atom is 0.131 e. The lowest BCUT2D eigenvalue weighted by molar-refractivity contribution is 0.476. The molecule has 2 aromatic carbocycles. The second-order valence-corrected chi connectivity index (χ2v) is 4.15. The Hall–Kier alpha value is -1.67. The van der Waals surface area contributed by atoms with Crippen LogP contribution in [0.2, 0.25) is 0 Å². The Kier molecular flexibility index (Phi) is 3.89. The quantitative estimate of drug-likeness (QED) is 0.726. The molecule has 1 unspecified atom stereocenters. The van der Waals surface area contributed by atoms with E-state index in [1.54, 1.807) is 5.37 Å². The molecule has 0 heterocycles. The highest BCUT2D eigenvalue weighted by Gasteiger charge is 2.09. The molecule has 0 aliphatic rings. The van der Waals surface area contributed by atoms with Crippen LogP contribution in [0.5, 0.6) is 11.5 Å². The number of hydrogen-bond donors (Lipinski definition) is 0. The van der Waals surface area contributed by atoms with Crippen molar-refractivity contribution in [3.05, 3.63) is 60.2 Å². The van der Waals surface area contributed by atoms with Gasteiger partial charge in [0.05, 0.1) is 0 Å². The molecule has 1 atom stereocenters. The highest BCUT2D eigenvalue weighted by molar-refractivity contribution is 7.79. The fraction of sp³-hybridized carbons (Fsp3) is 0.133. The van der Waals surface area contributed by atoms with Gasteiger partial charge >= 0.3 is 0 Å². The Morgan fingerprint density at radius 3 is 2.35 bits per heavy atom. The van der Waals surface area contributed by atoms with Crippen LogP contribution in [0.15, 0.2) is 54.6 Å². The lowest BCUT2D eigenvalue weighted by Gasteiger charge is -2.13. The second-order valence-electron chi connectivity index (χ2n) is 3.88. The SMILES string of the molecule is CC(C=S)c1ccccc1Oc1ccccc1. The van der Waals surface area contributed by atoms with Gasteiger partial charge in [0.1, 0.15) is 11.5 Å². The summed E-state index contributed by atoms with van der Waals surface area (Å²) in [6.45, 7) is 2.07. The van der Waals surface area contributed by atoms with Crippen molar-refractivity contribution in [1.29, 1.82) is 0 Å². The summed E-state index contributed by atoms with van der Waals surface area (Å²) in [5, 5.41) is 1.76. The zero-order valence-corrected chi connectivity index (χ0v) is 10.5. The average molecular weight is 242 g/mol. The zero-order valence-electron chi connectivity index (χ0n) is 9.67. The van der Waals surface area contributed by atoms with Crippen molar-refractivity contribution in [2.45, 2.75) is 12.8 Å². The van der Waals surface area contributed by atoms with Gasteiger partial charge in [-0.1, -0.05) is 55.5 Å². The van der Waals surface area contributed by atoms with Crippen molar-refractivity contribution in [2.75, 3.05) is 0 Å². The van der Waals surface area contributed by atoms with E-state index in [1.807, 2.05) is 54.6 Å². The summed E-state index contributed by atoms with van der Waals surface area (Å²) in [6, 6.07) is 17.8. The zero-order chi connectivity index (χ0) is 12.1. The predicted octanol–water partition coefficient (Wildman–Crippen LogP) is 4.58. The molecular weight excluding hydrogens is 228 g/mol.